The number of para-hydroxylation sites is 1. The second-order valence-electron chi connectivity index (χ2n) is 5.37. The number of carbonyl (C=O) groups excluding carboxylic acids is 2. The third-order valence-electron chi connectivity index (χ3n) is 3.43. The number of benzene rings is 1. The number of nitrogens with one attached hydrogen (secondary N) is 1. The van der Waals surface area contributed by atoms with Crippen molar-refractivity contribution in [1.29, 1.82) is 0 Å². The van der Waals surface area contributed by atoms with Crippen molar-refractivity contribution in [3.8, 4) is 5.75 Å². The van der Waals surface area contributed by atoms with Crippen molar-refractivity contribution in [2.45, 2.75) is 0 Å². The largest absolute Gasteiger partial charge is 0.486 e. The highest BCUT2D eigenvalue weighted by Gasteiger charge is 2.38. The molecular weight excluding hydrogens is 348 g/mol. The van der Waals surface area contributed by atoms with Crippen LogP contribution >= 0.6 is 0 Å². The Kier molecular flexibility index (Phi) is 4.09. The van der Waals surface area contributed by atoms with E-state index in [1.54, 1.807) is 30.3 Å². The van der Waals surface area contributed by atoms with E-state index in [4.69, 9.17) is 15.2 Å². The van der Waals surface area contributed by atoms with Gasteiger partial charge in [0.15, 0.2) is 17.3 Å². The number of ether oxygens (including phenoxy) is 2. The number of hydrogen-bond acceptors (Lipinski definition) is 6. The lowest BCUT2D eigenvalue weighted by molar-refractivity contribution is -0.115. The van der Waals surface area contributed by atoms with Gasteiger partial charge >= 0.3 is 0 Å². The summed E-state index contributed by atoms with van der Waals surface area (Å²) in [5.74, 6) is -1.07. The van der Waals surface area contributed by atoms with Crippen LogP contribution in [-0.2, 0) is 24.3 Å². The van der Waals surface area contributed by atoms with Gasteiger partial charge in [-0.1, -0.05) is 18.2 Å². The van der Waals surface area contributed by atoms with Gasteiger partial charge in [0.1, 0.15) is 18.1 Å². The van der Waals surface area contributed by atoms with Crippen LogP contribution < -0.4 is 15.2 Å². The molecule has 0 saturated heterocycles. The lowest BCUT2D eigenvalue weighted by atomic mass is 9.97. The van der Waals surface area contributed by atoms with Crippen molar-refractivity contribution >= 4 is 21.7 Å². The number of ketones is 1. The van der Waals surface area contributed by atoms with Gasteiger partial charge in [0.05, 0.1) is 17.4 Å². The summed E-state index contributed by atoms with van der Waals surface area (Å²) in [5.41, 5.74) is 5.13. The van der Waals surface area contributed by atoms with E-state index < -0.39 is 21.7 Å². The molecule has 1 aromatic rings. The fourth-order valence-electron chi connectivity index (χ4n) is 2.43. The molecule has 0 saturated carbocycles. The smallest absolute Gasteiger partial charge is 0.248 e. The molecule has 0 fully saturated rings. The fourth-order valence-corrected chi connectivity index (χ4v) is 3.00. The van der Waals surface area contributed by atoms with Gasteiger partial charge in [-0.3, -0.25) is 14.3 Å². The minimum atomic E-state index is -3.70. The van der Waals surface area contributed by atoms with Gasteiger partial charge in [-0.05, 0) is 12.1 Å². The molecule has 1 aliphatic heterocycles. The number of carbonyl (C=O) groups is 2. The molecule has 1 heterocycles. The second-order valence-corrected chi connectivity index (χ2v) is 7.12. The van der Waals surface area contributed by atoms with E-state index in [0.29, 0.717) is 5.75 Å². The monoisotopic (exact) mass is 362 g/mol. The van der Waals surface area contributed by atoms with Crippen molar-refractivity contribution in [1.82, 2.24) is 4.72 Å². The van der Waals surface area contributed by atoms with Crippen molar-refractivity contribution < 1.29 is 27.5 Å². The first-order valence-corrected chi connectivity index (χ1v) is 9.03. The number of sulfonamides is 1. The summed E-state index contributed by atoms with van der Waals surface area (Å²) in [6.45, 7) is -0.215. The molecule has 0 unspecified atom stereocenters. The van der Waals surface area contributed by atoms with E-state index in [2.05, 4.69) is 4.72 Å². The minimum Gasteiger partial charge on any atom is -0.486 e. The van der Waals surface area contributed by atoms with Crippen LogP contribution in [0, 0.1) is 0 Å². The molecule has 130 valence electrons. The molecule has 0 bridgehead atoms. The minimum absolute atomic E-state index is 0.0113. The summed E-state index contributed by atoms with van der Waals surface area (Å²) in [7, 11) is -3.70. The average Bonchev–Trinajstić information content (AvgIpc) is 2.97. The molecule has 0 atom stereocenters. The molecule has 1 aromatic carbocycles. The third kappa shape index (κ3) is 3.41. The molecule has 3 rings (SSSR count). The van der Waals surface area contributed by atoms with Crippen molar-refractivity contribution in [3.63, 3.8) is 0 Å². The Morgan fingerprint density at radius 1 is 1.28 bits per heavy atom. The number of primary amides is 1. The van der Waals surface area contributed by atoms with Gasteiger partial charge in [-0.2, -0.15) is 0 Å². The maximum atomic E-state index is 12.4. The Balaban J connectivity index is 2.11. The van der Waals surface area contributed by atoms with Crippen LogP contribution in [0.1, 0.15) is 0 Å². The number of hydrogen-bond donors (Lipinski definition) is 2. The van der Waals surface area contributed by atoms with E-state index in [1.807, 2.05) is 0 Å². The Bertz CT molecular complexity index is 958. The van der Waals surface area contributed by atoms with Crippen LogP contribution in [-0.4, -0.2) is 33.0 Å². The molecule has 8 nitrogen and oxygen atoms in total. The summed E-state index contributed by atoms with van der Waals surface area (Å²) >= 11 is 0. The molecule has 25 heavy (non-hydrogen) atoms. The summed E-state index contributed by atoms with van der Waals surface area (Å²) in [4.78, 5) is 23.9. The first kappa shape index (κ1) is 16.8. The number of rotatable bonds is 5. The Morgan fingerprint density at radius 2 is 1.96 bits per heavy atom. The standard InChI is InChI=1S/C16H14N2O6S/c1-25(21,22)18-14-12(24-9-5-3-2-4-6-9)7-11(19)13-10(16(17)20)8-23-15(13)14/h2-7,18H,8H2,1H3,(H2,17,20). The van der Waals surface area contributed by atoms with Gasteiger partial charge in [-0.25, -0.2) is 8.42 Å². The van der Waals surface area contributed by atoms with Crippen LogP contribution in [0.2, 0.25) is 0 Å². The van der Waals surface area contributed by atoms with Crippen LogP contribution in [0.3, 0.4) is 0 Å². The van der Waals surface area contributed by atoms with Gasteiger partial charge in [0.25, 0.3) is 0 Å². The zero-order valence-corrected chi connectivity index (χ0v) is 13.9. The lowest BCUT2D eigenvalue weighted by Gasteiger charge is -2.20. The Hall–Kier alpha value is -3.07. The first-order valence-electron chi connectivity index (χ1n) is 7.14. The summed E-state index contributed by atoms with van der Waals surface area (Å²) < 4.78 is 36.7. The zero-order valence-electron chi connectivity index (χ0n) is 13.1. The molecule has 0 radical (unpaired) electrons. The zero-order chi connectivity index (χ0) is 18.2. The molecule has 0 aromatic heterocycles. The Labute approximate surface area is 143 Å². The van der Waals surface area contributed by atoms with Gasteiger partial charge in [0.2, 0.25) is 15.9 Å². The number of nitrogens with two attached hydrogens (primary N) is 1. The third-order valence-corrected chi connectivity index (χ3v) is 4.00. The van der Waals surface area contributed by atoms with Crippen molar-refractivity contribution in [2.75, 3.05) is 12.9 Å². The Morgan fingerprint density at radius 3 is 2.56 bits per heavy atom. The average molecular weight is 362 g/mol. The lowest BCUT2D eigenvalue weighted by Crippen LogP contribution is -2.29. The van der Waals surface area contributed by atoms with Crippen LogP contribution in [0.25, 0.3) is 0 Å². The quantitative estimate of drug-likeness (QED) is 0.766. The molecule has 9 heteroatoms. The van der Waals surface area contributed by atoms with E-state index in [9.17, 15) is 18.0 Å². The van der Waals surface area contributed by atoms with Crippen LogP contribution in [0.15, 0.2) is 64.8 Å². The maximum absolute atomic E-state index is 12.4. The van der Waals surface area contributed by atoms with E-state index in [-0.39, 0.29) is 35.0 Å². The summed E-state index contributed by atoms with van der Waals surface area (Å²) in [5, 5.41) is 0. The highest BCUT2D eigenvalue weighted by Crippen LogP contribution is 2.35. The van der Waals surface area contributed by atoms with Gasteiger partial charge in [0, 0.05) is 6.08 Å². The van der Waals surface area contributed by atoms with E-state index in [1.165, 1.54) is 0 Å². The fraction of sp³-hybridized carbons (Fsp3) is 0.125. The normalized spacial score (nSPS) is 17.0. The highest BCUT2D eigenvalue weighted by molar-refractivity contribution is 7.88. The van der Waals surface area contributed by atoms with Crippen LogP contribution in [0.5, 0.6) is 5.75 Å². The summed E-state index contributed by atoms with van der Waals surface area (Å²) in [6.07, 6.45) is 2.04. The summed E-state index contributed by atoms with van der Waals surface area (Å²) in [6, 6.07) is 8.51. The van der Waals surface area contributed by atoms with Gasteiger partial charge < -0.3 is 15.2 Å². The second kappa shape index (κ2) is 6.10. The van der Waals surface area contributed by atoms with Crippen molar-refractivity contribution in [3.05, 3.63) is 64.8 Å². The predicted molar refractivity (Wildman–Crippen MR) is 87.3 cm³/mol. The van der Waals surface area contributed by atoms with Gasteiger partial charge in [-0.15, -0.1) is 0 Å². The molecule has 0 spiro atoms. The first-order chi connectivity index (χ1) is 11.8. The molecule has 1 amide bonds. The van der Waals surface area contributed by atoms with Crippen molar-refractivity contribution in [2.24, 2.45) is 5.73 Å². The number of fused-ring (bicyclic) bond motifs is 1. The topological polar surface area (TPSA) is 125 Å². The van der Waals surface area contributed by atoms with E-state index in [0.717, 1.165) is 12.3 Å². The molecular formula is C16H14N2O6S. The SMILES string of the molecule is CS(=O)(=O)NC1=C2OCC(C(N)=O)=C2C(=O)C=C1Oc1ccccc1. The molecule has 1 aliphatic carbocycles. The number of amides is 1. The van der Waals surface area contributed by atoms with E-state index >= 15 is 0 Å². The number of allylic oxidation sites excluding steroid dienone is 2. The van der Waals surface area contributed by atoms with Crippen LogP contribution in [0.4, 0.5) is 0 Å². The molecule has 3 N–H and O–H groups in total. The maximum Gasteiger partial charge on any atom is 0.248 e. The predicted octanol–water partition coefficient (Wildman–Crippen LogP) is 0.105. The molecule has 2 aliphatic rings. The highest BCUT2D eigenvalue weighted by atomic mass is 32.2.